The monoisotopic (exact) mass is 422 g/mol. The highest BCUT2D eigenvalue weighted by Gasteiger charge is 2.23. The average molecular weight is 423 g/mol. The number of hydrogen-bond donors (Lipinski definition) is 0. The van der Waals surface area contributed by atoms with Gasteiger partial charge in [0.25, 0.3) is 5.91 Å². The van der Waals surface area contributed by atoms with E-state index >= 15 is 0 Å². The molecule has 3 heterocycles. The lowest BCUT2D eigenvalue weighted by atomic mass is 10.1. The van der Waals surface area contributed by atoms with Crippen LogP contribution in [0, 0.1) is 0 Å². The van der Waals surface area contributed by atoms with Crippen LogP contribution in [0.5, 0.6) is 0 Å². The first-order chi connectivity index (χ1) is 14.8. The zero-order valence-electron chi connectivity index (χ0n) is 17.0. The van der Waals surface area contributed by atoms with E-state index in [1.165, 1.54) is 5.56 Å². The Morgan fingerprint density at radius 1 is 0.967 bits per heavy atom. The van der Waals surface area contributed by atoms with Crippen molar-refractivity contribution in [3.05, 3.63) is 59.7 Å². The fourth-order valence-electron chi connectivity index (χ4n) is 4.07. The van der Waals surface area contributed by atoms with Crippen molar-refractivity contribution in [2.45, 2.75) is 6.54 Å². The Kier molecular flexibility index (Phi) is 5.66. The topological polar surface area (TPSA) is 48.9 Å². The van der Waals surface area contributed by atoms with Crippen LogP contribution in [0.1, 0.15) is 15.9 Å². The maximum absolute atomic E-state index is 13.1. The van der Waals surface area contributed by atoms with Crippen molar-refractivity contribution in [1.29, 1.82) is 0 Å². The van der Waals surface area contributed by atoms with Gasteiger partial charge in [0.05, 0.1) is 23.4 Å². The summed E-state index contributed by atoms with van der Waals surface area (Å²) < 4.78 is 6.51. The number of carbonyl (C=O) groups excluding carboxylic acids is 1. The van der Waals surface area contributed by atoms with Crippen molar-refractivity contribution >= 4 is 32.6 Å². The van der Waals surface area contributed by atoms with Crippen molar-refractivity contribution in [2.24, 2.45) is 0 Å². The van der Waals surface area contributed by atoms with Crippen LogP contribution in [-0.4, -0.2) is 73.2 Å². The summed E-state index contributed by atoms with van der Waals surface area (Å²) in [4.78, 5) is 24.5. The molecule has 3 aromatic rings. The Balaban J connectivity index is 1.23. The maximum atomic E-state index is 13.1. The molecule has 0 bridgehead atoms. The Hall–Kier alpha value is -2.48. The number of nitrogens with zero attached hydrogens (tertiary/aromatic N) is 4. The maximum Gasteiger partial charge on any atom is 0.253 e. The normalized spacial score (nSPS) is 18.1. The molecular formula is C23H26N4O2S. The number of ether oxygens (including phenoxy) is 1. The molecule has 6 nitrogen and oxygen atoms in total. The van der Waals surface area contributed by atoms with Crippen LogP contribution in [0.15, 0.2) is 48.5 Å². The number of amides is 1. The number of rotatable bonds is 4. The Morgan fingerprint density at radius 2 is 1.73 bits per heavy atom. The first kappa shape index (κ1) is 19.5. The van der Waals surface area contributed by atoms with Crippen LogP contribution in [0.2, 0.25) is 0 Å². The summed E-state index contributed by atoms with van der Waals surface area (Å²) in [6.07, 6.45) is 0. The second kappa shape index (κ2) is 8.71. The lowest BCUT2D eigenvalue weighted by Gasteiger charge is -2.34. The molecule has 0 unspecified atom stereocenters. The van der Waals surface area contributed by atoms with Crippen molar-refractivity contribution in [3.8, 4) is 0 Å². The molecule has 2 aliphatic rings. The van der Waals surface area contributed by atoms with Crippen molar-refractivity contribution < 1.29 is 9.53 Å². The Morgan fingerprint density at radius 3 is 2.50 bits per heavy atom. The first-order valence-electron chi connectivity index (χ1n) is 10.6. The molecule has 0 N–H and O–H groups in total. The fourth-order valence-corrected chi connectivity index (χ4v) is 5.13. The number of fused-ring (bicyclic) bond motifs is 1. The lowest BCUT2D eigenvalue weighted by molar-refractivity contribution is 0.0628. The van der Waals surface area contributed by atoms with Gasteiger partial charge in [-0.2, -0.15) is 0 Å². The third-order valence-electron chi connectivity index (χ3n) is 5.81. The predicted molar refractivity (Wildman–Crippen MR) is 120 cm³/mol. The van der Waals surface area contributed by atoms with Crippen LogP contribution >= 0.6 is 11.3 Å². The van der Waals surface area contributed by atoms with Gasteiger partial charge in [0.15, 0.2) is 5.13 Å². The van der Waals surface area contributed by atoms with Gasteiger partial charge in [-0.1, -0.05) is 41.7 Å². The number of morpholine rings is 1. The number of benzene rings is 2. The van der Waals surface area contributed by atoms with E-state index < -0.39 is 0 Å². The van der Waals surface area contributed by atoms with Gasteiger partial charge < -0.3 is 14.5 Å². The zero-order valence-corrected chi connectivity index (χ0v) is 17.8. The molecule has 30 heavy (non-hydrogen) atoms. The zero-order chi connectivity index (χ0) is 20.3. The van der Waals surface area contributed by atoms with Gasteiger partial charge >= 0.3 is 0 Å². The van der Waals surface area contributed by atoms with E-state index in [2.05, 4.69) is 34.1 Å². The van der Waals surface area contributed by atoms with Crippen molar-refractivity contribution in [3.63, 3.8) is 0 Å². The van der Waals surface area contributed by atoms with Gasteiger partial charge in [-0.05, 0) is 23.8 Å². The van der Waals surface area contributed by atoms with Crippen LogP contribution in [0.3, 0.4) is 0 Å². The van der Waals surface area contributed by atoms with Crippen molar-refractivity contribution in [2.75, 3.05) is 57.4 Å². The fraction of sp³-hybridized carbons (Fsp3) is 0.391. The standard InChI is InChI=1S/C23H26N4O2S/c28-22(26-10-8-25(9-11-26)17-18-4-2-1-3-5-18)19-6-7-20-21(16-19)30-23(24-20)27-12-14-29-15-13-27/h1-7,16H,8-15,17H2. The summed E-state index contributed by atoms with van der Waals surface area (Å²) in [6.45, 7) is 7.54. The minimum absolute atomic E-state index is 0.123. The summed E-state index contributed by atoms with van der Waals surface area (Å²) in [5.41, 5.74) is 3.05. The molecule has 156 valence electrons. The van der Waals surface area contributed by atoms with Gasteiger partial charge in [-0.25, -0.2) is 4.98 Å². The minimum Gasteiger partial charge on any atom is -0.378 e. The first-order valence-corrected chi connectivity index (χ1v) is 11.4. The molecule has 0 aliphatic carbocycles. The number of piperazine rings is 1. The van der Waals surface area contributed by atoms with Crippen LogP contribution in [0.25, 0.3) is 10.2 Å². The highest BCUT2D eigenvalue weighted by molar-refractivity contribution is 7.22. The summed E-state index contributed by atoms with van der Waals surface area (Å²) in [7, 11) is 0. The van der Waals surface area contributed by atoms with E-state index in [1.54, 1.807) is 11.3 Å². The molecule has 0 atom stereocenters. The summed E-state index contributed by atoms with van der Waals surface area (Å²) >= 11 is 1.66. The number of thiazole rings is 1. The number of carbonyl (C=O) groups is 1. The molecule has 1 aromatic heterocycles. The SMILES string of the molecule is O=C(c1ccc2nc(N3CCOCC3)sc2c1)N1CCN(Cc2ccccc2)CC1. The molecule has 5 rings (SSSR count). The molecule has 2 aliphatic heterocycles. The lowest BCUT2D eigenvalue weighted by Crippen LogP contribution is -2.48. The second-order valence-electron chi connectivity index (χ2n) is 7.83. The molecule has 2 aromatic carbocycles. The third-order valence-corrected chi connectivity index (χ3v) is 6.89. The predicted octanol–water partition coefficient (Wildman–Crippen LogP) is 3.09. The van der Waals surface area contributed by atoms with E-state index in [9.17, 15) is 4.79 Å². The Bertz CT molecular complexity index is 1010. The molecule has 7 heteroatoms. The summed E-state index contributed by atoms with van der Waals surface area (Å²) in [6, 6.07) is 16.4. The van der Waals surface area contributed by atoms with Gasteiger partial charge in [0.2, 0.25) is 0 Å². The van der Waals surface area contributed by atoms with Gasteiger partial charge in [-0.15, -0.1) is 0 Å². The van der Waals surface area contributed by atoms with Gasteiger partial charge in [0.1, 0.15) is 0 Å². The number of aromatic nitrogens is 1. The highest BCUT2D eigenvalue weighted by atomic mass is 32.1. The van der Waals surface area contributed by atoms with Crippen LogP contribution in [0.4, 0.5) is 5.13 Å². The average Bonchev–Trinajstić information content (AvgIpc) is 3.24. The van der Waals surface area contributed by atoms with E-state index in [4.69, 9.17) is 9.72 Å². The molecule has 1 amide bonds. The summed E-state index contributed by atoms with van der Waals surface area (Å²) in [5.74, 6) is 0.123. The quantitative estimate of drug-likeness (QED) is 0.647. The largest absolute Gasteiger partial charge is 0.378 e. The second-order valence-corrected chi connectivity index (χ2v) is 8.84. The molecule has 0 spiro atoms. The molecule has 0 saturated carbocycles. The van der Waals surface area contributed by atoms with Crippen LogP contribution < -0.4 is 4.90 Å². The van der Waals surface area contributed by atoms with Crippen LogP contribution in [-0.2, 0) is 11.3 Å². The van der Waals surface area contributed by atoms with Crippen molar-refractivity contribution in [1.82, 2.24) is 14.8 Å². The highest BCUT2D eigenvalue weighted by Crippen LogP contribution is 2.30. The molecular weight excluding hydrogens is 396 g/mol. The molecule has 0 radical (unpaired) electrons. The summed E-state index contributed by atoms with van der Waals surface area (Å²) in [5, 5.41) is 1.02. The van der Waals surface area contributed by atoms with E-state index in [0.717, 1.165) is 79.9 Å². The number of anilines is 1. The number of hydrogen-bond acceptors (Lipinski definition) is 6. The van der Waals surface area contributed by atoms with Gasteiger partial charge in [0, 0.05) is 51.4 Å². The smallest absolute Gasteiger partial charge is 0.253 e. The van der Waals surface area contributed by atoms with E-state index in [0.29, 0.717) is 0 Å². The Labute approximate surface area is 180 Å². The van der Waals surface area contributed by atoms with Gasteiger partial charge in [-0.3, -0.25) is 9.69 Å². The van der Waals surface area contributed by atoms with E-state index in [1.807, 2.05) is 29.2 Å². The third kappa shape index (κ3) is 4.19. The minimum atomic E-state index is 0.123. The molecule has 2 saturated heterocycles. The molecule has 2 fully saturated rings. The van der Waals surface area contributed by atoms with E-state index in [-0.39, 0.29) is 5.91 Å².